The Balaban J connectivity index is 3.17. The Morgan fingerprint density at radius 3 is 2.33 bits per heavy atom. The maximum absolute atomic E-state index is 9.69. The van der Waals surface area contributed by atoms with Gasteiger partial charge in [-0.15, -0.1) is 0 Å². The van der Waals surface area contributed by atoms with Crippen LogP contribution in [0, 0.1) is 0 Å². The van der Waals surface area contributed by atoms with Crippen molar-refractivity contribution in [2.24, 2.45) is 0 Å². The summed E-state index contributed by atoms with van der Waals surface area (Å²) in [5, 5.41) is 0. The van der Waals surface area contributed by atoms with E-state index < -0.39 is 0 Å². The molecule has 0 aliphatic heterocycles. The lowest BCUT2D eigenvalue weighted by atomic mass is 10.2. The summed E-state index contributed by atoms with van der Waals surface area (Å²) >= 11 is 0. The number of hydrogen-bond donors (Lipinski definition) is 0. The molecular formula is C7H13O2. The van der Waals surface area contributed by atoms with E-state index in [2.05, 4.69) is 0 Å². The standard InChI is InChI=1S/C7H13O2/c1-7(2,3)9-6-4-5-8/h4,6H2,1-3H3. The molecule has 0 aromatic heterocycles. The molecule has 2 heteroatoms. The molecule has 0 unspecified atom stereocenters. The molecule has 1 radical (unpaired) electrons. The van der Waals surface area contributed by atoms with Gasteiger partial charge in [0.1, 0.15) is 0 Å². The van der Waals surface area contributed by atoms with Gasteiger partial charge in [-0.25, -0.2) is 0 Å². The van der Waals surface area contributed by atoms with Crippen LogP contribution in [-0.2, 0) is 9.53 Å². The van der Waals surface area contributed by atoms with E-state index in [4.69, 9.17) is 4.74 Å². The van der Waals surface area contributed by atoms with E-state index >= 15 is 0 Å². The maximum Gasteiger partial charge on any atom is 0.200 e. The Labute approximate surface area is 56.2 Å². The maximum atomic E-state index is 9.69. The second kappa shape index (κ2) is 3.62. The van der Waals surface area contributed by atoms with Crippen LogP contribution < -0.4 is 0 Å². The van der Waals surface area contributed by atoms with Gasteiger partial charge < -0.3 is 4.74 Å². The highest BCUT2D eigenvalue weighted by Crippen LogP contribution is 2.05. The van der Waals surface area contributed by atoms with Crippen molar-refractivity contribution < 1.29 is 9.53 Å². The van der Waals surface area contributed by atoms with Crippen LogP contribution in [0.1, 0.15) is 27.2 Å². The third kappa shape index (κ3) is 7.63. The van der Waals surface area contributed by atoms with Gasteiger partial charge in [-0.05, 0) is 20.8 Å². The lowest BCUT2D eigenvalue weighted by Gasteiger charge is -2.18. The molecule has 0 aliphatic rings. The molecule has 9 heavy (non-hydrogen) atoms. The second-order valence-corrected chi connectivity index (χ2v) is 2.86. The van der Waals surface area contributed by atoms with Gasteiger partial charge in [0.25, 0.3) is 0 Å². The highest BCUT2D eigenvalue weighted by Gasteiger charge is 2.08. The molecule has 0 atom stereocenters. The van der Waals surface area contributed by atoms with Crippen molar-refractivity contribution in [1.82, 2.24) is 0 Å². The van der Waals surface area contributed by atoms with Gasteiger partial charge in [-0.3, -0.25) is 4.79 Å². The number of rotatable bonds is 3. The molecule has 0 spiro atoms. The molecule has 0 saturated carbocycles. The summed E-state index contributed by atoms with van der Waals surface area (Å²) in [5.74, 6) is 0. The van der Waals surface area contributed by atoms with Crippen LogP contribution in [-0.4, -0.2) is 18.5 Å². The third-order valence-electron chi connectivity index (χ3n) is 0.739. The predicted octanol–water partition coefficient (Wildman–Crippen LogP) is 1.30. The fourth-order valence-corrected chi connectivity index (χ4v) is 0.399. The Bertz CT molecular complexity index is 81.4. The lowest BCUT2D eigenvalue weighted by molar-refractivity contribution is 0.00123. The van der Waals surface area contributed by atoms with E-state index in [0.29, 0.717) is 13.0 Å². The average molecular weight is 129 g/mol. The Hall–Kier alpha value is -0.370. The van der Waals surface area contributed by atoms with Gasteiger partial charge in [0.2, 0.25) is 6.29 Å². The van der Waals surface area contributed by atoms with Crippen LogP contribution >= 0.6 is 0 Å². The molecule has 0 fully saturated rings. The second-order valence-electron chi connectivity index (χ2n) is 2.86. The molecule has 2 nitrogen and oxygen atoms in total. The van der Waals surface area contributed by atoms with E-state index in [9.17, 15) is 4.79 Å². The fraction of sp³-hybridized carbons (Fsp3) is 0.857. The molecule has 53 valence electrons. The highest BCUT2D eigenvalue weighted by molar-refractivity contribution is 5.50. The Morgan fingerprint density at radius 1 is 1.44 bits per heavy atom. The molecule has 0 N–H and O–H groups in total. The zero-order valence-corrected chi connectivity index (χ0v) is 6.23. The van der Waals surface area contributed by atoms with Crippen molar-refractivity contribution >= 4 is 6.29 Å². The van der Waals surface area contributed by atoms with E-state index in [1.807, 2.05) is 20.8 Å². The normalized spacial score (nSPS) is 11.4. The van der Waals surface area contributed by atoms with E-state index in [1.165, 1.54) is 0 Å². The van der Waals surface area contributed by atoms with Gasteiger partial charge in [-0.1, -0.05) is 0 Å². The fourth-order valence-electron chi connectivity index (χ4n) is 0.399. The molecular weight excluding hydrogens is 116 g/mol. The largest absolute Gasteiger partial charge is 0.375 e. The first-order chi connectivity index (χ1) is 4.06. The summed E-state index contributed by atoms with van der Waals surface area (Å²) in [7, 11) is 0. The van der Waals surface area contributed by atoms with Gasteiger partial charge in [-0.2, -0.15) is 0 Å². The van der Waals surface area contributed by atoms with Crippen LogP contribution in [0.25, 0.3) is 0 Å². The summed E-state index contributed by atoms with van der Waals surface area (Å²) in [6, 6.07) is 0. The SMILES string of the molecule is CC(C)(C)OCC[C]=O. The van der Waals surface area contributed by atoms with Gasteiger partial charge in [0.15, 0.2) is 0 Å². The quantitative estimate of drug-likeness (QED) is 0.537. The topological polar surface area (TPSA) is 26.3 Å². The summed E-state index contributed by atoms with van der Waals surface area (Å²) < 4.78 is 5.21. The third-order valence-corrected chi connectivity index (χ3v) is 0.739. The van der Waals surface area contributed by atoms with Crippen LogP contribution in [0.3, 0.4) is 0 Å². The minimum Gasteiger partial charge on any atom is -0.375 e. The Morgan fingerprint density at radius 2 is 2.00 bits per heavy atom. The average Bonchev–Trinajstić information content (AvgIpc) is 1.63. The first-order valence-electron chi connectivity index (χ1n) is 3.05. The number of ether oxygens (including phenoxy) is 1. The lowest BCUT2D eigenvalue weighted by Crippen LogP contribution is -2.19. The minimum atomic E-state index is -0.128. The first-order valence-corrected chi connectivity index (χ1v) is 3.05. The van der Waals surface area contributed by atoms with Crippen molar-refractivity contribution in [3.63, 3.8) is 0 Å². The van der Waals surface area contributed by atoms with Crippen LogP contribution in [0.15, 0.2) is 0 Å². The molecule has 0 rings (SSSR count). The summed E-state index contributed by atoms with van der Waals surface area (Å²) in [5.41, 5.74) is -0.128. The number of hydrogen-bond acceptors (Lipinski definition) is 2. The van der Waals surface area contributed by atoms with E-state index in [-0.39, 0.29) is 5.60 Å². The first kappa shape index (κ1) is 8.63. The highest BCUT2D eigenvalue weighted by atomic mass is 16.5. The minimum absolute atomic E-state index is 0.128. The van der Waals surface area contributed by atoms with Crippen LogP contribution in [0.5, 0.6) is 0 Å². The van der Waals surface area contributed by atoms with Crippen molar-refractivity contribution in [1.29, 1.82) is 0 Å². The van der Waals surface area contributed by atoms with Crippen molar-refractivity contribution in [2.45, 2.75) is 32.8 Å². The summed E-state index contributed by atoms with van der Waals surface area (Å²) in [6.45, 7) is 6.35. The van der Waals surface area contributed by atoms with Crippen molar-refractivity contribution in [3.8, 4) is 0 Å². The molecule has 0 heterocycles. The van der Waals surface area contributed by atoms with Gasteiger partial charge in [0, 0.05) is 6.42 Å². The van der Waals surface area contributed by atoms with Gasteiger partial charge >= 0.3 is 0 Å². The zero-order valence-electron chi connectivity index (χ0n) is 6.23. The number of carbonyl (C=O) groups excluding carboxylic acids is 1. The molecule has 0 amide bonds. The summed E-state index contributed by atoms with van der Waals surface area (Å²) in [6.07, 6.45) is 2.14. The van der Waals surface area contributed by atoms with Crippen molar-refractivity contribution in [2.75, 3.05) is 6.61 Å². The molecule has 0 aromatic carbocycles. The monoisotopic (exact) mass is 129 g/mol. The zero-order chi connectivity index (χ0) is 7.33. The predicted molar refractivity (Wildman–Crippen MR) is 36.0 cm³/mol. The summed E-state index contributed by atoms with van der Waals surface area (Å²) in [4.78, 5) is 9.69. The Kier molecular flexibility index (Phi) is 3.47. The van der Waals surface area contributed by atoms with E-state index in [1.54, 1.807) is 6.29 Å². The molecule has 0 aliphatic carbocycles. The molecule has 0 aromatic rings. The van der Waals surface area contributed by atoms with Crippen LogP contribution in [0.4, 0.5) is 0 Å². The molecule has 0 saturated heterocycles. The van der Waals surface area contributed by atoms with Crippen molar-refractivity contribution in [3.05, 3.63) is 0 Å². The molecule has 0 bridgehead atoms. The van der Waals surface area contributed by atoms with Crippen LogP contribution in [0.2, 0.25) is 0 Å². The van der Waals surface area contributed by atoms with Gasteiger partial charge in [0.05, 0.1) is 12.2 Å². The smallest absolute Gasteiger partial charge is 0.200 e. The van der Waals surface area contributed by atoms with E-state index in [0.717, 1.165) is 0 Å².